The minimum absolute atomic E-state index is 0.0358. The van der Waals surface area contributed by atoms with E-state index in [1.807, 2.05) is 6.92 Å². The highest BCUT2D eigenvalue weighted by Gasteiger charge is 2.17. The molecule has 0 spiro atoms. The molecule has 8 nitrogen and oxygen atoms in total. The molecule has 0 saturated carbocycles. The molecule has 0 heterocycles. The van der Waals surface area contributed by atoms with Gasteiger partial charge in [0, 0.05) is 11.3 Å². The number of sulfonamides is 1. The molecule has 0 bridgehead atoms. The highest BCUT2D eigenvalue weighted by molar-refractivity contribution is 7.92. The van der Waals surface area contributed by atoms with Gasteiger partial charge >= 0.3 is 5.97 Å². The number of rotatable bonds is 10. The van der Waals surface area contributed by atoms with Crippen molar-refractivity contribution >= 4 is 27.5 Å². The van der Waals surface area contributed by atoms with Crippen LogP contribution < -0.4 is 9.46 Å². The number of hydrogen-bond acceptors (Lipinski definition) is 6. The van der Waals surface area contributed by atoms with E-state index in [2.05, 4.69) is 4.72 Å². The number of ether oxygens (including phenoxy) is 1. The van der Waals surface area contributed by atoms with Gasteiger partial charge in [-0.05, 0) is 67.4 Å². The lowest BCUT2D eigenvalue weighted by Crippen LogP contribution is -2.13. The first kappa shape index (κ1) is 24.8. The summed E-state index contributed by atoms with van der Waals surface area (Å²) in [5.41, 5.74) is 1.82. The van der Waals surface area contributed by atoms with E-state index in [9.17, 15) is 23.1 Å². The largest absolute Gasteiger partial charge is 0.507 e. The molecule has 0 fully saturated rings. The number of anilines is 1. The summed E-state index contributed by atoms with van der Waals surface area (Å²) in [4.78, 5) is 22.7. The quantitative estimate of drug-likeness (QED) is 0.359. The predicted octanol–water partition coefficient (Wildman–Crippen LogP) is 4.63. The molecular weight excluding hydrogens is 458 g/mol. The van der Waals surface area contributed by atoms with Gasteiger partial charge in [0.25, 0.3) is 10.0 Å². The highest BCUT2D eigenvalue weighted by Crippen LogP contribution is 2.33. The van der Waals surface area contributed by atoms with Crippen molar-refractivity contribution in [2.45, 2.75) is 38.2 Å². The van der Waals surface area contributed by atoms with Gasteiger partial charge in [-0.2, -0.15) is 0 Å². The molecule has 0 unspecified atom stereocenters. The summed E-state index contributed by atoms with van der Waals surface area (Å²) in [5, 5.41) is 19.4. The summed E-state index contributed by atoms with van der Waals surface area (Å²) in [6.07, 6.45) is 1.29. The number of phenolic OH excluding ortho intramolecular Hbond substituents is 1. The van der Waals surface area contributed by atoms with E-state index >= 15 is 0 Å². The third kappa shape index (κ3) is 5.74. The summed E-state index contributed by atoms with van der Waals surface area (Å²) in [6.45, 7) is 3.48. The zero-order valence-corrected chi connectivity index (χ0v) is 19.6. The van der Waals surface area contributed by atoms with Crippen molar-refractivity contribution in [2.75, 3.05) is 4.72 Å². The molecule has 3 N–H and O–H groups in total. The van der Waals surface area contributed by atoms with Crippen molar-refractivity contribution in [3.63, 3.8) is 0 Å². The van der Waals surface area contributed by atoms with E-state index in [-0.39, 0.29) is 39.8 Å². The molecule has 3 aromatic rings. The number of carboxylic acid groups (broad SMARTS) is 1. The van der Waals surface area contributed by atoms with E-state index in [0.717, 1.165) is 6.42 Å². The number of aromatic hydroxyl groups is 1. The molecule has 0 aliphatic heterocycles. The maximum Gasteiger partial charge on any atom is 0.335 e. The zero-order chi connectivity index (χ0) is 24.9. The van der Waals surface area contributed by atoms with Crippen molar-refractivity contribution in [1.29, 1.82) is 0 Å². The Morgan fingerprint density at radius 3 is 2.18 bits per heavy atom. The van der Waals surface area contributed by atoms with E-state index in [4.69, 9.17) is 9.84 Å². The molecular formula is C25H25NO7S. The molecule has 178 valence electrons. The first-order valence-electron chi connectivity index (χ1n) is 10.6. The van der Waals surface area contributed by atoms with Crippen molar-refractivity contribution in [2.24, 2.45) is 0 Å². The second kappa shape index (κ2) is 10.4. The van der Waals surface area contributed by atoms with Crippen LogP contribution >= 0.6 is 0 Å². The van der Waals surface area contributed by atoms with Crippen LogP contribution in [-0.2, 0) is 23.1 Å². The van der Waals surface area contributed by atoms with Gasteiger partial charge in [0.1, 0.15) is 18.1 Å². The number of benzene rings is 3. The first-order valence-corrected chi connectivity index (χ1v) is 12.0. The van der Waals surface area contributed by atoms with Gasteiger partial charge in [-0.15, -0.1) is 0 Å². The number of ketones is 1. The van der Waals surface area contributed by atoms with Crippen LogP contribution in [0.2, 0.25) is 0 Å². The summed E-state index contributed by atoms with van der Waals surface area (Å²) in [7, 11) is -3.87. The first-order chi connectivity index (χ1) is 16.1. The van der Waals surface area contributed by atoms with Crippen LogP contribution in [-0.4, -0.2) is 30.4 Å². The fourth-order valence-electron chi connectivity index (χ4n) is 3.35. The van der Waals surface area contributed by atoms with Crippen molar-refractivity contribution in [3.8, 4) is 11.5 Å². The molecule has 0 atom stereocenters. The third-order valence-electron chi connectivity index (χ3n) is 5.13. The summed E-state index contributed by atoms with van der Waals surface area (Å²) in [5.74, 6) is -0.938. The van der Waals surface area contributed by atoms with Crippen LogP contribution in [0, 0.1) is 0 Å². The van der Waals surface area contributed by atoms with Crippen LogP contribution in [0.1, 0.15) is 52.1 Å². The van der Waals surface area contributed by atoms with Gasteiger partial charge in [-0.1, -0.05) is 25.5 Å². The van der Waals surface area contributed by atoms with E-state index in [0.29, 0.717) is 23.3 Å². The van der Waals surface area contributed by atoms with E-state index in [1.165, 1.54) is 49.4 Å². The number of carbonyl (C=O) groups is 2. The topological polar surface area (TPSA) is 130 Å². The lowest BCUT2D eigenvalue weighted by molar-refractivity contribution is 0.0696. The molecule has 0 aromatic heterocycles. The number of nitrogens with one attached hydrogen (secondary N) is 1. The van der Waals surface area contributed by atoms with Gasteiger partial charge in [0.15, 0.2) is 5.78 Å². The average molecular weight is 484 g/mol. The average Bonchev–Trinajstić information content (AvgIpc) is 2.79. The molecule has 0 saturated heterocycles. The number of carboxylic acids is 1. The Morgan fingerprint density at radius 2 is 1.62 bits per heavy atom. The summed E-state index contributed by atoms with van der Waals surface area (Å²) >= 11 is 0. The smallest absolute Gasteiger partial charge is 0.335 e. The van der Waals surface area contributed by atoms with E-state index < -0.39 is 16.0 Å². The molecule has 9 heteroatoms. The Balaban J connectivity index is 1.72. The second-order valence-corrected chi connectivity index (χ2v) is 9.35. The standard InChI is InChI=1S/C25H25NO7S/c1-3-4-22-23(14-13-21(16(2)27)24(22)28)33-15-17-5-11-20(12-6-17)34(31,32)26-19-9-7-18(8-10-19)25(29)30/h5-14,26,28H,3-4,15H2,1-2H3,(H,29,30). The molecule has 0 aliphatic rings. The predicted molar refractivity (Wildman–Crippen MR) is 127 cm³/mol. The number of aromatic carboxylic acids is 1. The zero-order valence-electron chi connectivity index (χ0n) is 18.7. The molecule has 0 aliphatic carbocycles. The molecule has 0 amide bonds. The fourth-order valence-corrected chi connectivity index (χ4v) is 4.41. The molecule has 0 radical (unpaired) electrons. The van der Waals surface area contributed by atoms with Crippen LogP contribution in [0.15, 0.2) is 65.6 Å². The Kier molecular flexibility index (Phi) is 7.57. The normalized spacial score (nSPS) is 11.1. The number of hydrogen-bond donors (Lipinski definition) is 3. The van der Waals surface area contributed by atoms with Gasteiger partial charge in [-0.25, -0.2) is 13.2 Å². The monoisotopic (exact) mass is 483 g/mol. The lowest BCUT2D eigenvalue weighted by Gasteiger charge is -2.15. The second-order valence-electron chi connectivity index (χ2n) is 7.67. The third-order valence-corrected chi connectivity index (χ3v) is 6.53. The lowest BCUT2D eigenvalue weighted by atomic mass is 10.0. The molecule has 3 aromatic carbocycles. The maximum atomic E-state index is 12.6. The van der Waals surface area contributed by atoms with Crippen molar-refractivity contribution in [1.82, 2.24) is 0 Å². The number of carbonyl (C=O) groups excluding carboxylic acids is 1. The van der Waals surface area contributed by atoms with E-state index in [1.54, 1.807) is 18.2 Å². The van der Waals surface area contributed by atoms with Gasteiger partial charge in [0.05, 0.1) is 16.0 Å². The Hall–Kier alpha value is -3.85. The molecule has 34 heavy (non-hydrogen) atoms. The van der Waals surface area contributed by atoms with Gasteiger partial charge in [0.2, 0.25) is 0 Å². The SMILES string of the molecule is CCCc1c(OCc2ccc(S(=O)(=O)Nc3ccc(C(=O)O)cc3)cc2)ccc(C(C)=O)c1O. The Bertz CT molecular complexity index is 1300. The van der Waals surface area contributed by atoms with Crippen molar-refractivity contribution < 1.29 is 33.0 Å². The van der Waals surface area contributed by atoms with Gasteiger partial charge in [-0.3, -0.25) is 9.52 Å². The number of Topliss-reactive ketones (excluding diaryl/α,β-unsaturated/α-hetero) is 1. The number of phenols is 1. The summed E-state index contributed by atoms with van der Waals surface area (Å²) < 4.78 is 33.5. The van der Waals surface area contributed by atoms with Crippen molar-refractivity contribution in [3.05, 3.63) is 82.9 Å². The Morgan fingerprint density at radius 1 is 0.971 bits per heavy atom. The van der Waals surface area contributed by atoms with Crippen LogP contribution in [0.25, 0.3) is 0 Å². The maximum absolute atomic E-state index is 12.6. The van der Waals surface area contributed by atoms with Crippen LogP contribution in [0.4, 0.5) is 5.69 Å². The Labute approximate surface area is 197 Å². The fraction of sp³-hybridized carbons (Fsp3) is 0.200. The van der Waals surface area contributed by atoms with Crippen LogP contribution in [0.3, 0.4) is 0 Å². The minimum Gasteiger partial charge on any atom is -0.507 e. The summed E-state index contributed by atoms with van der Waals surface area (Å²) in [6, 6.07) is 14.7. The highest BCUT2D eigenvalue weighted by atomic mass is 32.2. The minimum atomic E-state index is -3.87. The van der Waals surface area contributed by atoms with Crippen LogP contribution in [0.5, 0.6) is 11.5 Å². The van der Waals surface area contributed by atoms with Gasteiger partial charge < -0.3 is 14.9 Å². The molecule has 3 rings (SSSR count).